The molecule has 0 spiro atoms. The lowest BCUT2D eigenvalue weighted by Gasteiger charge is -2.26. The van der Waals surface area contributed by atoms with Crippen molar-refractivity contribution >= 4 is 57.4 Å². The van der Waals surface area contributed by atoms with Gasteiger partial charge in [-0.25, -0.2) is 19.9 Å². The molecule has 0 radical (unpaired) electrons. The van der Waals surface area contributed by atoms with Gasteiger partial charge in [0.2, 0.25) is 17.7 Å². The fourth-order valence-electron chi connectivity index (χ4n) is 3.52. The van der Waals surface area contributed by atoms with Gasteiger partial charge in [-0.3, -0.25) is 14.5 Å². The van der Waals surface area contributed by atoms with Crippen LogP contribution in [0.1, 0.15) is 25.5 Å². The van der Waals surface area contributed by atoms with Crippen molar-refractivity contribution < 1.29 is 14.0 Å². The van der Waals surface area contributed by atoms with Gasteiger partial charge in [-0.1, -0.05) is 29.5 Å². The van der Waals surface area contributed by atoms with Crippen LogP contribution in [0.25, 0.3) is 10.7 Å². The molecule has 9 nitrogen and oxygen atoms in total. The molecule has 3 aromatic heterocycles. The van der Waals surface area contributed by atoms with E-state index >= 15 is 0 Å². The highest BCUT2D eigenvalue weighted by molar-refractivity contribution is 14.1. The molecule has 2 atom stereocenters. The van der Waals surface area contributed by atoms with Crippen LogP contribution in [0, 0.1) is 6.92 Å². The first-order valence-electron chi connectivity index (χ1n) is 10.2. The van der Waals surface area contributed by atoms with Gasteiger partial charge in [-0.2, -0.15) is 0 Å². The Labute approximate surface area is 203 Å². The minimum Gasteiger partial charge on any atom is -0.445 e. The van der Waals surface area contributed by atoms with E-state index in [-0.39, 0.29) is 28.4 Å². The van der Waals surface area contributed by atoms with Crippen molar-refractivity contribution in [1.29, 1.82) is 0 Å². The second kappa shape index (κ2) is 10.0. The van der Waals surface area contributed by atoms with E-state index in [1.807, 2.05) is 25.3 Å². The van der Waals surface area contributed by atoms with Gasteiger partial charge in [0.05, 0.1) is 16.6 Å². The minimum absolute atomic E-state index is 0.0171. The zero-order valence-corrected chi connectivity index (χ0v) is 20.7. The smallest absolute Gasteiger partial charge is 0.249 e. The Morgan fingerprint density at radius 1 is 1.34 bits per heavy atom. The van der Waals surface area contributed by atoms with Crippen LogP contribution < -0.4 is 10.2 Å². The van der Waals surface area contributed by atoms with Crippen LogP contribution in [0.3, 0.4) is 0 Å². The summed E-state index contributed by atoms with van der Waals surface area (Å²) >= 11 is 3.76. The lowest BCUT2D eigenvalue weighted by molar-refractivity contribution is -0.121. The molecule has 0 bridgehead atoms. The van der Waals surface area contributed by atoms with Crippen molar-refractivity contribution in [3.8, 4) is 10.7 Å². The van der Waals surface area contributed by atoms with Gasteiger partial charge in [0.1, 0.15) is 28.6 Å². The number of carbonyl (C=O) groups excluding carboxylic acids is 2. The first-order valence-corrected chi connectivity index (χ1v) is 12.4. The number of aryl methyl sites for hydroxylation is 1. The van der Waals surface area contributed by atoms with Crippen LogP contribution in [0.2, 0.25) is 0 Å². The molecule has 1 N–H and O–H groups in total. The van der Waals surface area contributed by atoms with Crippen LogP contribution in [0.5, 0.6) is 0 Å². The minimum atomic E-state index is -0.174. The molecule has 32 heavy (non-hydrogen) atoms. The van der Waals surface area contributed by atoms with Crippen LogP contribution >= 0.6 is 33.9 Å². The first kappa shape index (κ1) is 22.8. The molecule has 1 fully saturated rings. The number of thiazole rings is 1. The Hall–Kier alpha value is -2.38. The van der Waals surface area contributed by atoms with Gasteiger partial charge >= 0.3 is 0 Å². The summed E-state index contributed by atoms with van der Waals surface area (Å²) < 4.78 is 5.80. The number of hydrogen-bond donors (Lipinski definition) is 1. The molecule has 1 saturated heterocycles. The molecule has 0 aliphatic carbocycles. The number of furan rings is 1. The normalized spacial score (nSPS) is 18.6. The molecule has 168 valence electrons. The number of nitrogens with one attached hydrogen (secondary N) is 1. The average Bonchev–Trinajstić information content (AvgIpc) is 3.53. The number of aromatic nitrogens is 3. The maximum atomic E-state index is 13.5. The van der Waals surface area contributed by atoms with E-state index in [0.29, 0.717) is 36.1 Å². The first-order chi connectivity index (χ1) is 15.5. The fraction of sp³-hybridized carbons (Fsp3) is 0.381. The van der Waals surface area contributed by atoms with Crippen molar-refractivity contribution in [1.82, 2.24) is 25.2 Å². The van der Waals surface area contributed by atoms with Crippen molar-refractivity contribution in [2.24, 2.45) is 0 Å². The predicted octanol–water partition coefficient (Wildman–Crippen LogP) is 3.53. The Balaban J connectivity index is 1.58. The Kier molecular flexibility index (Phi) is 7.16. The number of rotatable bonds is 7. The van der Waals surface area contributed by atoms with E-state index in [4.69, 9.17) is 4.42 Å². The highest BCUT2D eigenvalue weighted by atomic mass is 127. The summed E-state index contributed by atoms with van der Waals surface area (Å²) in [5.74, 6) is 1.36. The summed E-state index contributed by atoms with van der Waals surface area (Å²) in [6.45, 7) is 4.55. The number of likely N-dealkylation sites (tertiary alicyclic amines) is 1. The summed E-state index contributed by atoms with van der Waals surface area (Å²) in [6.07, 6.45) is 4.38. The molecular weight excluding hydrogens is 543 g/mol. The molecule has 1 aliphatic rings. The SMILES string of the molecule is CCC(=O)NC1CCN(CC(=O)N(c2cc(-c3nccs3)ncn2)c2ccc(C)o2)C1I. The zero-order valence-electron chi connectivity index (χ0n) is 17.7. The monoisotopic (exact) mass is 566 g/mol. The molecule has 4 rings (SSSR count). The maximum Gasteiger partial charge on any atom is 0.249 e. The summed E-state index contributed by atoms with van der Waals surface area (Å²) in [6, 6.07) is 5.33. The van der Waals surface area contributed by atoms with E-state index < -0.39 is 0 Å². The molecule has 4 heterocycles. The molecule has 3 aromatic rings. The Bertz CT molecular complexity index is 1090. The lowest BCUT2D eigenvalue weighted by Crippen LogP contribution is -2.44. The quantitative estimate of drug-likeness (QED) is 0.265. The number of halogens is 1. The standard InChI is InChI=1S/C21H23IN6O3S/c1-3-17(29)26-14-6-8-27(20(14)22)11-18(30)28(19-5-4-13(2)31-19)16-10-15(24-12-25-16)21-23-7-9-32-21/h4-5,7,9-10,12,14,20H,3,6,8,11H2,1-2H3,(H,26,29). The van der Waals surface area contributed by atoms with Crippen molar-refractivity contribution in [3.63, 3.8) is 0 Å². The van der Waals surface area contributed by atoms with Crippen LogP contribution in [0.4, 0.5) is 11.7 Å². The molecule has 2 unspecified atom stereocenters. The van der Waals surface area contributed by atoms with Gasteiger partial charge < -0.3 is 9.73 Å². The number of anilines is 2. The third-order valence-corrected chi connectivity index (χ3v) is 7.59. The average molecular weight is 566 g/mol. The van der Waals surface area contributed by atoms with Crippen molar-refractivity contribution in [2.45, 2.75) is 36.8 Å². The summed E-state index contributed by atoms with van der Waals surface area (Å²) in [5, 5.41) is 5.66. The van der Waals surface area contributed by atoms with Crippen LogP contribution in [-0.4, -0.2) is 54.8 Å². The van der Waals surface area contributed by atoms with Gasteiger partial charge in [0.25, 0.3) is 0 Å². The zero-order chi connectivity index (χ0) is 22.7. The van der Waals surface area contributed by atoms with Crippen LogP contribution in [-0.2, 0) is 9.59 Å². The molecule has 0 saturated carbocycles. The van der Waals surface area contributed by atoms with Gasteiger partial charge in [-0.15, -0.1) is 11.3 Å². The van der Waals surface area contributed by atoms with Crippen LogP contribution in [0.15, 0.2) is 40.5 Å². The Morgan fingerprint density at radius 3 is 2.88 bits per heavy atom. The van der Waals surface area contributed by atoms with E-state index in [1.165, 1.54) is 22.6 Å². The number of nitrogens with zero attached hydrogens (tertiary/aromatic N) is 5. The number of hydrogen-bond acceptors (Lipinski definition) is 8. The predicted molar refractivity (Wildman–Crippen MR) is 130 cm³/mol. The van der Waals surface area contributed by atoms with Gasteiger partial charge in [-0.05, 0) is 19.4 Å². The topological polar surface area (TPSA) is 104 Å². The molecular formula is C21H23IN6O3S. The second-order valence-corrected chi connectivity index (χ2v) is 9.54. The highest BCUT2D eigenvalue weighted by Gasteiger charge is 2.35. The molecule has 1 aliphatic heterocycles. The molecule has 2 amide bonds. The van der Waals surface area contributed by atoms with Gasteiger partial charge in [0.15, 0.2) is 0 Å². The second-order valence-electron chi connectivity index (χ2n) is 7.37. The molecule has 11 heteroatoms. The molecule has 0 aromatic carbocycles. The van der Waals surface area contributed by atoms with E-state index in [9.17, 15) is 9.59 Å². The Morgan fingerprint density at radius 2 is 2.19 bits per heavy atom. The third kappa shape index (κ3) is 4.99. The maximum absolute atomic E-state index is 13.5. The van der Waals surface area contributed by atoms with E-state index in [1.54, 1.807) is 18.3 Å². The van der Waals surface area contributed by atoms with E-state index in [0.717, 1.165) is 11.4 Å². The number of alkyl halides is 1. The highest BCUT2D eigenvalue weighted by Crippen LogP contribution is 2.30. The lowest BCUT2D eigenvalue weighted by atomic mass is 10.2. The van der Waals surface area contributed by atoms with Gasteiger partial charge in [0, 0.05) is 36.7 Å². The summed E-state index contributed by atoms with van der Waals surface area (Å²) in [7, 11) is 0. The largest absolute Gasteiger partial charge is 0.445 e. The van der Waals surface area contributed by atoms with Crippen molar-refractivity contribution in [2.75, 3.05) is 18.0 Å². The van der Waals surface area contributed by atoms with Crippen molar-refractivity contribution in [3.05, 3.63) is 41.9 Å². The fourth-order valence-corrected chi connectivity index (χ4v) is 5.14. The third-order valence-electron chi connectivity index (χ3n) is 5.14. The number of amides is 2. The van der Waals surface area contributed by atoms with E-state index in [2.05, 4.69) is 47.8 Å². The summed E-state index contributed by atoms with van der Waals surface area (Å²) in [5.41, 5.74) is 0.640. The summed E-state index contributed by atoms with van der Waals surface area (Å²) in [4.78, 5) is 41.8. The number of carbonyl (C=O) groups is 2.